The van der Waals surface area contributed by atoms with Gasteiger partial charge in [0.2, 0.25) is 5.91 Å². The average molecular weight is 1040 g/mol. The number of allylic oxidation sites excluding steroid dienone is 14. The predicted octanol–water partition coefficient (Wildman–Crippen LogP) is 18.8. The summed E-state index contributed by atoms with van der Waals surface area (Å²) in [5.74, 6) is -0.152. The van der Waals surface area contributed by atoms with Crippen molar-refractivity contribution in [2.45, 2.75) is 276 Å². The third-order valence-corrected chi connectivity index (χ3v) is 14.4. The molecule has 0 fully saturated rings. The fourth-order valence-corrected chi connectivity index (χ4v) is 9.41. The van der Waals surface area contributed by atoms with Crippen LogP contribution in [0.2, 0.25) is 0 Å². The van der Waals surface area contributed by atoms with Gasteiger partial charge in [-0.25, -0.2) is 4.57 Å². The molecule has 3 unspecified atom stereocenters. The Balaban J connectivity index is 4.17. The van der Waals surface area contributed by atoms with Crippen molar-refractivity contribution < 1.29 is 32.9 Å². The number of likely N-dealkylation sites (N-methyl/N-ethyl adjacent to an activating group) is 1. The molecular formula is C64H118N2O6P+. The summed E-state index contributed by atoms with van der Waals surface area (Å²) in [6, 6.07) is -0.770. The quantitative estimate of drug-likeness (QED) is 0.0243. The van der Waals surface area contributed by atoms with Gasteiger partial charge >= 0.3 is 7.82 Å². The highest BCUT2D eigenvalue weighted by molar-refractivity contribution is 7.47. The van der Waals surface area contributed by atoms with Crippen LogP contribution in [0.4, 0.5) is 0 Å². The lowest BCUT2D eigenvalue weighted by molar-refractivity contribution is -0.870. The molecule has 0 aromatic rings. The number of quaternary nitrogens is 1. The van der Waals surface area contributed by atoms with Gasteiger partial charge in [0.25, 0.3) is 0 Å². The molecular weight excluding hydrogens is 924 g/mol. The van der Waals surface area contributed by atoms with Gasteiger partial charge in [0.1, 0.15) is 13.2 Å². The van der Waals surface area contributed by atoms with Crippen LogP contribution in [-0.2, 0) is 18.4 Å². The maximum absolute atomic E-state index is 13.0. The number of aliphatic hydroxyl groups excluding tert-OH is 1. The van der Waals surface area contributed by atoms with E-state index in [2.05, 4.69) is 104 Å². The van der Waals surface area contributed by atoms with Crippen LogP contribution in [0.15, 0.2) is 85.1 Å². The summed E-state index contributed by atoms with van der Waals surface area (Å²) in [5.41, 5.74) is 0. The van der Waals surface area contributed by atoms with E-state index < -0.39 is 20.0 Å². The number of amides is 1. The van der Waals surface area contributed by atoms with Crippen LogP contribution < -0.4 is 5.32 Å². The first-order chi connectivity index (χ1) is 35.5. The number of aliphatic hydroxyl groups is 1. The largest absolute Gasteiger partial charge is 0.472 e. The zero-order valence-corrected chi connectivity index (χ0v) is 49.3. The summed E-state index contributed by atoms with van der Waals surface area (Å²) in [5, 5.41) is 14.1. The molecule has 0 aliphatic heterocycles. The van der Waals surface area contributed by atoms with Crippen molar-refractivity contribution in [3.63, 3.8) is 0 Å². The first kappa shape index (κ1) is 70.7. The highest BCUT2D eigenvalue weighted by Gasteiger charge is 2.28. The minimum absolute atomic E-state index is 0.0701. The van der Waals surface area contributed by atoms with Crippen molar-refractivity contribution in [1.82, 2.24) is 5.32 Å². The molecule has 1 amide bonds. The van der Waals surface area contributed by atoms with Crippen LogP contribution >= 0.6 is 7.82 Å². The van der Waals surface area contributed by atoms with Gasteiger partial charge in [-0.2, -0.15) is 0 Å². The van der Waals surface area contributed by atoms with Crippen LogP contribution in [0, 0.1) is 0 Å². The maximum atomic E-state index is 13.0. The number of rotatable bonds is 55. The smallest absolute Gasteiger partial charge is 0.391 e. The van der Waals surface area contributed by atoms with E-state index in [1.54, 1.807) is 0 Å². The molecule has 0 saturated heterocycles. The molecule has 424 valence electrons. The Morgan fingerprint density at radius 2 is 0.822 bits per heavy atom. The highest BCUT2D eigenvalue weighted by Crippen LogP contribution is 2.43. The zero-order valence-electron chi connectivity index (χ0n) is 48.4. The molecule has 3 atom stereocenters. The second-order valence-corrected chi connectivity index (χ2v) is 23.2. The van der Waals surface area contributed by atoms with Crippen LogP contribution in [-0.4, -0.2) is 73.4 Å². The molecule has 0 spiro atoms. The van der Waals surface area contributed by atoms with Crippen molar-refractivity contribution in [2.24, 2.45) is 0 Å². The average Bonchev–Trinajstić information content (AvgIpc) is 3.35. The van der Waals surface area contributed by atoms with Gasteiger partial charge in [-0.15, -0.1) is 0 Å². The van der Waals surface area contributed by atoms with Gasteiger partial charge in [0.05, 0.1) is 39.9 Å². The van der Waals surface area contributed by atoms with Crippen LogP contribution in [0.1, 0.15) is 264 Å². The minimum atomic E-state index is -4.33. The SMILES string of the molecule is CC/C=C\C/C=C\C/C=C\C/C=C\C/C=C\C/C=C\C/C=C\CCCCCCCCCCCC(=O)NC(COP(=O)(O)OCC[N+](C)(C)C)C(O)CCCCCCCCCCCCCCCCCCCCCC. The Bertz CT molecular complexity index is 1460. The van der Waals surface area contributed by atoms with Crippen molar-refractivity contribution in [1.29, 1.82) is 0 Å². The number of carbonyl (C=O) groups is 1. The van der Waals surface area contributed by atoms with E-state index in [0.29, 0.717) is 23.9 Å². The standard InChI is InChI=1S/C64H117N2O6P/c1-6-8-10-12-14-16-18-20-22-24-26-28-29-30-31-32-33-34-35-36-37-38-40-42-44-46-48-50-52-54-56-58-64(68)65-62(61-72-73(69,70)71-60-59-66(3,4)5)63(67)57-55-53-51-49-47-45-43-41-39-27-25-23-21-19-17-15-13-11-9-7-2/h8,10,14,16,20,22,26,28,30-31,33-34,36-37,62-63,67H,6-7,9,11-13,15,17-19,21,23-25,27,29,32,35,38-61H2,1-5H3,(H-,65,68,69,70)/p+1/b10-8-,16-14-,22-20-,28-26-,31-30-,34-33-,37-36-. The molecule has 0 aromatic carbocycles. The number of nitrogens with one attached hydrogen (secondary N) is 1. The van der Waals surface area contributed by atoms with E-state index in [0.717, 1.165) is 89.9 Å². The first-order valence-electron chi connectivity index (χ1n) is 30.5. The van der Waals surface area contributed by atoms with Gasteiger partial charge < -0.3 is 19.8 Å². The normalized spacial score (nSPS) is 14.5. The van der Waals surface area contributed by atoms with Gasteiger partial charge in [0, 0.05) is 6.42 Å². The molecule has 3 N–H and O–H groups in total. The lowest BCUT2D eigenvalue weighted by atomic mass is 10.0. The van der Waals surface area contributed by atoms with Crippen molar-refractivity contribution >= 4 is 13.7 Å². The molecule has 0 heterocycles. The minimum Gasteiger partial charge on any atom is -0.391 e. The third-order valence-electron chi connectivity index (χ3n) is 13.4. The van der Waals surface area contributed by atoms with Gasteiger partial charge in [-0.05, 0) is 70.6 Å². The molecule has 0 bridgehead atoms. The highest BCUT2D eigenvalue weighted by atomic mass is 31.2. The first-order valence-corrected chi connectivity index (χ1v) is 31.9. The predicted molar refractivity (Wildman–Crippen MR) is 318 cm³/mol. The summed E-state index contributed by atoms with van der Waals surface area (Å²) >= 11 is 0. The lowest BCUT2D eigenvalue weighted by Crippen LogP contribution is -2.46. The second kappa shape index (κ2) is 54.5. The van der Waals surface area contributed by atoms with Crippen LogP contribution in [0.3, 0.4) is 0 Å². The maximum Gasteiger partial charge on any atom is 0.472 e. The van der Waals surface area contributed by atoms with Crippen molar-refractivity contribution in [3.05, 3.63) is 85.1 Å². The fraction of sp³-hybridized carbons (Fsp3) is 0.766. The molecule has 0 radical (unpaired) electrons. The summed E-state index contributed by atoms with van der Waals surface area (Å²) < 4.78 is 23.8. The van der Waals surface area contributed by atoms with Gasteiger partial charge in [-0.3, -0.25) is 13.8 Å². The Labute approximate surface area is 452 Å². The Morgan fingerprint density at radius 3 is 1.21 bits per heavy atom. The van der Waals surface area contributed by atoms with Gasteiger partial charge in [0.15, 0.2) is 0 Å². The van der Waals surface area contributed by atoms with E-state index in [9.17, 15) is 19.4 Å². The fourth-order valence-electron chi connectivity index (χ4n) is 8.68. The molecule has 0 aliphatic carbocycles. The number of carbonyl (C=O) groups excluding carboxylic acids is 1. The number of hydrogen-bond donors (Lipinski definition) is 3. The Morgan fingerprint density at radius 1 is 0.479 bits per heavy atom. The molecule has 0 aliphatic rings. The Kier molecular flexibility index (Phi) is 52.7. The van der Waals surface area contributed by atoms with E-state index in [4.69, 9.17) is 9.05 Å². The van der Waals surface area contributed by atoms with E-state index in [1.165, 1.54) is 148 Å². The lowest BCUT2D eigenvalue weighted by Gasteiger charge is -2.26. The van der Waals surface area contributed by atoms with E-state index in [1.807, 2.05) is 21.1 Å². The molecule has 0 rings (SSSR count). The van der Waals surface area contributed by atoms with Crippen LogP contribution in [0.5, 0.6) is 0 Å². The molecule has 0 aromatic heterocycles. The monoisotopic (exact) mass is 1040 g/mol. The van der Waals surface area contributed by atoms with E-state index >= 15 is 0 Å². The number of nitrogens with zero attached hydrogens (tertiary/aromatic N) is 1. The van der Waals surface area contributed by atoms with Gasteiger partial charge in [-0.1, -0.05) is 272 Å². The number of unbranched alkanes of at least 4 members (excludes halogenated alkanes) is 28. The zero-order chi connectivity index (χ0) is 53.5. The van der Waals surface area contributed by atoms with E-state index in [-0.39, 0.29) is 19.1 Å². The number of phosphoric ester groups is 1. The Hall–Kier alpha value is -2.32. The summed E-state index contributed by atoms with van der Waals surface area (Å²) in [6.07, 6.45) is 76.4. The number of hydrogen-bond acceptors (Lipinski definition) is 5. The number of phosphoric acid groups is 1. The summed E-state index contributed by atoms with van der Waals surface area (Å²) in [6.45, 7) is 4.79. The molecule has 8 nitrogen and oxygen atoms in total. The third kappa shape index (κ3) is 57.2. The summed E-state index contributed by atoms with van der Waals surface area (Å²) in [7, 11) is 1.61. The summed E-state index contributed by atoms with van der Waals surface area (Å²) in [4.78, 5) is 23.4. The molecule has 0 saturated carbocycles. The van der Waals surface area contributed by atoms with Crippen molar-refractivity contribution in [2.75, 3.05) is 40.9 Å². The second-order valence-electron chi connectivity index (χ2n) is 21.7. The van der Waals surface area contributed by atoms with Crippen LogP contribution in [0.25, 0.3) is 0 Å². The molecule has 73 heavy (non-hydrogen) atoms. The topological polar surface area (TPSA) is 105 Å². The van der Waals surface area contributed by atoms with Crippen molar-refractivity contribution in [3.8, 4) is 0 Å². The molecule has 9 heteroatoms.